The van der Waals surface area contributed by atoms with E-state index < -0.39 is 0 Å². The van der Waals surface area contributed by atoms with E-state index in [-0.39, 0.29) is 17.1 Å². The van der Waals surface area contributed by atoms with Gasteiger partial charge in [0.15, 0.2) is 0 Å². The van der Waals surface area contributed by atoms with Gasteiger partial charge < -0.3 is 10.1 Å². The predicted octanol–water partition coefficient (Wildman–Crippen LogP) is 2.77. The number of pyridine rings is 1. The van der Waals surface area contributed by atoms with Gasteiger partial charge in [-0.05, 0) is 43.3 Å². The molecule has 178 valence electrons. The van der Waals surface area contributed by atoms with Crippen molar-refractivity contribution in [1.82, 2.24) is 20.7 Å². The number of rotatable bonds is 8. The number of nitrogens with zero attached hydrogens (tertiary/aromatic N) is 2. The van der Waals surface area contributed by atoms with E-state index >= 15 is 0 Å². The summed E-state index contributed by atoms with van der Waals surface area (Å²) in [5, 5.41) is 12.5. The number of thioether (sulfide) groups is 1. The average molecular weight is 481 g/mol. The van der Waals surface area contributed by atoms with E-state index in [1.807, 2.05) is 37.3 Å². The number of ether oxygens (including phenoxy) is 1. The summed E-state index contributed by atoms with van der Waals surface area (Å²) < 4.78 is 5.97. The van der Waals surface area contributed by atoms with Crippen LogP contribution in [0, 0.1) is 6.92 Å². The van der Waals surface area contributed by atoms with Crippen LogP contribution in [0.4, 0.5) is 0 Å². The van der Waals surface area contributed by atoms with E-state index in [0.717, 1.165) is 34.5 Å². The number of para-hydroxylation sites is 1. The number of hydrogen-bond acceptors (Lipinski definition) is 7. The van der Waals surface area contributed by atoms with Gasteiger partial charge in [0.05, 0.1) is 10.8 Å². The van der Waals surface area contributed by atoms with Crippen LogP contribution < -0.4 is 15.5 Å². The Morgan fingerprint density at radius 3 is 2.79 bits per heavy atom. The molecule has 0 unspecified atom stereocenters. The Bertz CT molecular complexity index is 1160. The predicted molar refractivity (Wildman–Crippen MR) is 132 cm³/mol. The zero-order valence-electron chi connectivity index (χ0n) is 19.0. The Labute approximate surface area is 202 Å². The average Bonchev–Trinajstić information content (AvgIpc) is 2.87. The van der Waals surface area contributed by atoms with Crippen LogP contribution in [0.5, 0.6) is 5.75 Å². The number of benzene rings is 2. The molecular weight excluding hydrogens is 452 g/mol. The minimum atomic E-state index is -0.381. The van der Waals surface area contributed by atoms with Gasteiger partial charge in [-0.1, -0.05) is 18.2 Å². The van der Waals surface area contributed by atoms with Crippen LogP contribution in [0.2, 0.25) is 0 Å². The minimum Gasteiger partial charge on any atom is -0.489 e. The lowest BCUT2D eigenvalue weighted by Gasteiger charge is -2.31. The van der Waals surface area contributed by atoms with Gasteiger partial charge in [0.1, 0.15) is 12.4 Å². The summed E-state index contributed by atoms with van der Waals surface area (Å²) in [7, 11) is 0. The van der Waals surface area contributed by atoms with Crippen molar-refractivity contribution in [3.05, 3.63) is 71.4 Å². The van der Waals surface area contributed by atoms with E-state index in [4.69, 9.17) is 9.94 Å². The van der Waals surface area contributed by atoms with Gasteiger partial charge in [-0.25, -0.2) is 5.48 Å². The van der Waals surface area contributed by atoms with Crippen molar-refractivity contribution >= 4 is 34.5 Å². The molecule has 0 aliphatic carbocycles. The molecule has 8 nitrogen and oxygen atoms in total. The Kier molecular flexibility index (Phi) is 7.99. The van der Waals surface area contributed by atoms with Gasteiger partial charge in [-0.3, -0.25) is 24.7 Å². The van der Waals surface area contributed by atoms with Gasteiger partial charge in [0, 0.05) is 54.1 Å². The summed E-state index contributed by atoms with van der Waals surface area (Å²) >= 11 is 1.53. The maximum Gasteiger partial charge on any atom is 0.257 e. The molecule has 4 rings (SSSR count). The highest BCUT2D eigenvalue weighted by atomic mass is 32.2. The van der Waals surface area contributed by atoms with Crippen molar-refractivity contribution in [3.63, 3.8) is 0 Å². The zero-order valence-corrected chi connectivity index (χ0v) is 19.8. The Balaban J connectivity index is 1.27. The van der Waals surface area contributed by atoms with Crippen molar-refractivity contribution in [1.29, 1.82) is 0 Å². The molecule has 1 fully saturated rings. The molecule has 1 aliphatic rings. The smallest absolute Gasteiger partial charge is 0.257 e. The lowest BCUT2D eigenvalue weighted by atomic mass is 10.1. The van der Waals surface area contributed by atoms with Crippen LogP contribution in [0.1, 0.15) is 21.6 Å². The third-order valence-corrected chi connectivity index (χ3v) is 6.89. The molecule has 2 amide bonds. The van der Waals surface area contributed by atoms with Crippen molar-refractivity contribution in [2.45, 2.75) is 18.8 Å². The summed E-state index contributed by atoms with van der Waals surface area (Å²) in [5.74, 6) is 0.961. The number of aromatic nitrogens is 1. The maximum atomic E-state index is 12.5. The van der Waals surface area contributed by atoms with Crippen LogP contribution in [0.15, 0.2) is 54.6 Å². The molecule has 1 aromatic heterocycles. The lowest BCUT2D eigenvalue weighted by Crippen LogP contribution is -2.47. The number of nitrogens with one attached hydrogen (secondary N) is 2. The molecule has 0 saturated carbocycles. The monoisotopic (exact) mass is 480 g/mol. The van der Waals surface area contributed by atoms with E-state index in [0.29, 0.717) is 37.6 Å². The zero-order chi connectivity index (χ0) is 23.9. The van der Waals surface area contributed by atoms with Crippen LogP contribution in [0.3, 0.4) is 0 Å². The quantitative estimate of drug-likeness (QED) is 0.336. The largest absolute Gasteiger partial charge is 0.489 e. The molecule has 2 heterocycles. The van der Waals surface area contributed by atoms with Gasteiger partial charge in [0.2, 0.25) is 0 Å². The number of hydrogen-bond donors (Lipinski definition) is 3. The number of aryl methyl sites for hydroxylation is 1. The molecule has 34 heavy (non-hydrogen) atoms. The number of hydroxylamine groups is 1. The molecule has 1 aliphatic heterocycles. The number of carbonyl (C=O) groups excluding carboxylic acids is 2. The number of amides is 2. The molecule has 3 N–H and O–H groups in total. The van der Waals surface area contributed by atoms with Crippen LogP contribution in [-0.4, -0.2) is 64.1 Å². The Hall–Kier alpha value is -3.14. The Morgan fingerprint density at radius 2 is 2.00 bits per heavy atom. The summed E-state index contributed by atoms with van der Waals surface area (Å²) in [4.78, 5) is 30.8. The fourth-order valence-corrected chi connectivity index (χ4v) is 5.11. The second kappa shape index (κ2) is 11.3. The molecule has 1 saturated heterocycles. The second-order valence-corrected chi connectivity index (χ2v) is 9.46. The van der Waals surface area contributed by atoms with E-state index in [1.165, 1.54) is 11.8 Å². The molecule has 0 radical (unpaired) electrons. The Morgan fingerprint density at radius 1 is 1.21 bits per heavy atom. The third kappa shape index (κ3) is 6.05. The molecule has 0 bridgehead atoms. The number of fused-ring (bicyclic) bond motifs is 1. The first-order valence-corrected chi connectivity index (χ1v) is 12.2. The van der Waals surface area contributed by atoms with E-state index in [1.54, 1.807) is 29.7 Å². The normalized spacial score (nSPS) is 16.2. The van der Waals surface area contributed by atoms with Gasteiger partial charge in [0.25, 0.3) is 11.8 Å². The molecular formula is C25H28N4O4S. The molecule has 9 heteroatoms. The maximum absolute atomic E-state index is 12.5. The first-order chi connectivity index (χ1) is 16.5. The van der Waals surface area contributed by atoms with Gasteiger partial charge >= 0.3 is 0 Å². The highest BCUT2D eigenvalue weighted by molar-refractivity contribution is 8.00. The van der Waals surface area contributed by atoms with Crippen molar-refractivity contribution < 1.29 is 19.5 Å². The minimum absolute atomic E-state index is 0.154. The first-order valence-electron chi connectivity index (χ1n) is 11.2. The molecule has 0 spiro atoms. The van der Waals surface area contributed by atoms with E-state index in [2.05, 4.69) is 15.2 Å². The van der Waals surface area contributed by atoms with Crippen LogP contribution >= 0.6 is 11.8 Å². The fraction of sp³-hybridized carbons (Fsp3) is 0.320. The first kappa shape index (κ1) is 24.0. The third-order valence-electron chi connectivity index (χ3n) is 5.71. The highest BCUT2D eigenvalue weighted by Gasteiger charge is 2.25. The van der Waals surface area contributed by atoms with Crippen LogP contribution in [-0.2, 0) is 11.4 Å². The highest BCUT2D eigenvalue weighted by Crippen LogP contribution is 2.21. The van der Waals surface area contributed by atoms with Crippen LogP contribution in [0.25, 0.3) is 10.9 Å². The summed E-state index contributed by atoms with van der Waals surface area (Å²) in [5.41, 5.74) is 5.24. The van der Waals surface area contributed by atoms with Crippen molar-refractivity contribution in [3.8, 4) is 5.75 Å². The van der Waals surface area contributed by atoms with E-state index in [9.17, 15) is 9.59 Å². The molecule has 1 atom stereocenters. The lowest BCUT2D eigenvalue weighted by molar-refractivity contribution is -0.129. The number of carbonyl (C=O) groups is 2. The summed E-state index contributed by atoms with van der Waals surface area (Å²) in [6.07, 6.45) is 0. The van der Waals surface area contributed by atoms with Crippen molar-refractivity contribution in [2.24, 2.45) is 0 Å². The SMILES string of the molecule is Cc1cc(COc2ccc(C(=O)NCCN3CCS[C@H](C(=O)NO)C3)cc2)c2ccccc2n1. The summed E-state index contributed by atoms with van der Waals surface area (Å²) in [6, 6.07) is 17.1. The van der Waals surface area contributed by atoms with Gasteiger partial charge in [-0.2, -0.15) is 0 Å². The second-order valence-electron chi connectivity index (χ2n) is 8.14. The molecule has 2 aromatic carbocycles. The van der Waals surface area contributed by atoms with Gasteiger partial charge in [-0.15, -0.1) is 11.8 Å². The topological polar surface area (TPSA) is 104 Å². The van der Waals surface area contributed by atoms with Crippen molar-refractivity contribution in [2.75, 3.05) is 31.9 Å². The fourth-order valence-electron chi connectivity index (χ4n) is 3.94. The summed E-state index contributed by atoms with van der Waals surface area (Å²) in [6.45, 7) is 4.89. The molecule has 3 aromatic rings. The standard InChI is InChI=1S/C25H28N4O4S/c1-17-14-19(21-4-2-3-5-22(21)27-17)16-33-20-8-6-18(7-9-20)24(30)26-10-11-29-12-13-34-23(15-29)25(31)28-32/h2-9,14,23,32H,10-13,15-16H2,1H3,(H,26,30)(H,28,31)/t23-/m0/s1.